The van der Waals surface area contributed by atoms with Crippen LogP contribution in [0.4, 0.5) is 0 Å². The number of carbonyl (C=O) groups is 1. The number of amides is 1. The summed E-state index contributed by atoms with van der Waals surface area (Å²) in [6, 6.07) is 6.27. The lowest BCUT2D eigenvalue weighted by Crippen LogP contribution is -2.42. The first-order chi connectivity index (χ1) is 9.08. The van der Waals surface area contributed by atoms with Gasteiger partial charge < -0.3 is 10.6 Å². The minimum absolute atomic E-state index is 0. The Morgan fingerprint density at radius 3 is 2.75 bits per heavy atom. The first-order valence-electron chi connectivity index (χ1n) is 6.43. The van der Waals surface area contributed by atoms with Gasteiger partial charge in [-0.2, -0.15) is 0 Å². The van der Waals surface area contributed by atoms with E-state index in [1.54, 1.807) is 24.3 Å². The average molecular weight is 317 g/mol. The molecule has 2 unspecified atom stereocenters. The predicted octanol–water partition coefficient (Wildman–Crippen LogP) is 0.805. The molecule has 2 atom stereocenters. The van der Waals surface area contributed by atoms with Gasteiger partial charge in [0.25, 0.3) is 0 Å². The van der Waals surface area contributed by atoms with Crippen molar-refractivity contribution in [2.45, 2.75) is 29.8 Å². The van der Waals surface area contributed by atoms with Crippen molar-refractivity contribution in [3.63, 3.8) is 0 Å². The zero-order chi connectivity index (χ0) is 13.5. The van der Waals surface area contributed by atoms with Crippen molar-refractivity contribution in [1.82, 2.24) is 10.6 Å². The minimum Gasteiger partial charge on any atom is -0.347 e. The molecule has 1 amide bonds. The molecule has 2 heterocycles. The Bertz CT molecular complexity index is 612. The van der Waals surface area contributed by atoms with E-state index in [9.17, 15) is 13.2 Å². The highest BCUT2D eigenvalue weighted by atomic mass is 35.5. The fraction of sp³-hybridized carbons (Fsp3) is 0.462. The minimum atomic E-state index is -3.26. The Labute approximate surface area is 124 Å². The van der Waals surface area contributed by atoms with E-state index in [0.29, 0.717) is 10.5 Å². The van der Waals surface area contributed by atoms with E-state index in [1.165, 1.54) is 0 Å². The third-order valence-corrected chi connectivity index (χ3v) is 5.52. The van der Waals surface area contributed by atoms with Crippen LogP contribution in [0.15, 0.2) is 29.2 Å². The molecule has 1 fully saturated rings. The summed E-state index contributed by atoms with van der Waals surface area (Å²) in [4.78, 5) is 12.4. The first-order valence-corrected chi connectivity index (χ1v) is 8.08. The molecule has 1 aromatic rings. The fourth-order valence-electron chi connectivity index (χ4n) is 2.75. The van der Waals surface area contributed by atoms with E-state index in [1.807, 2.05) is 0 Å². The van der Waals surface area contributed by atoms with Crippen LogP contribution < -0.4 is 10.6 Å². The Morgan fingerprint density at radius 2 is 2.05 bits per heavy atom. The molecule has 110 valence electrons. The van der Waals surface area contributed by atoms with Crippen LogP contribution in [0.5, 0.6) is 0 Å². The van der Waals surface area contributed by atoms with Crippen molar-refractivity contribution in [3.05, 3.63) is 29.8 Å². The number of carbonyl (C=O) groups excluding carboxylic acids is 1. The molecular formula is C13H17ClN2O3S. The molecule has 2 aliphatic rings. The van der Waals surface area contributed by atoms with Crippen molar-refractivity contribution >= 4 is 28.2 Å². The maximum Gasteiger partial charge on any atom is 0.237 e. The maximum absolute atomic E-state index is 12.1. The summed E-state index contributed by atoms with van der Waals surface area (Å²) < 4.78 is 24.0. The number of rotatable bonds is 2. The van der Waals surface area contributed by atoms with Gasteiger partial charge in [-0.3, -0.25) is 4.79 Å². The monoisotopic (exact) mass is 316 g/mol. The smallest absolute Gasteiger partial charge is 0.237 e. The molecule has 2 aliphatic heterocycles. The number of nitrogens with one attached hydrogen (secondary N) is 2. The molecule has 0 radical (unpaired) electrons. The van der Waals surface area contributed by atoms with Gasteiger partial charge in [-0.1, -0.05) is 18.2 Å². The standard InChI is InChI=1S/C13H16N2O3S.ClH/c16-13(10-5-3-7-14-10)15-11-8-19(17,18)12-6-2-1-4-9(11)12;/h1-2,4,6,10-11,14H,3,5,7-8H2,(H,15,16);1H. The quantitative estimate of drug-likeness (QED) is 0.846. The number of hydrogen-bond donors (Lipinski definition) is 2. The Morgan fingerprint density at radius 1 is 1.30 bits per heavy atom. The van der Waals surface area contributed by atoms with Gasteiger partial charge >= 0.3 is 0 Å². The van der Waals surface area contributed by atoms with E-state index in [4.69, 9.17) is 0 Å². The summed E-state index contributed by atoms with van der Waals surface area (Å²) in [6.45, 7) is 0.845. The van der Waals surface area contributed by atoms with E-state index < -0.39 is 15.9 Å². The summed E-state index contributed by atoms with van der Waals surface area (Å²) in [5, 5.41) is 5.97. The normalized spacial score (nSPS) is 26.6. The molecule has 0 bridgehead atoms. The molecule has 1 saturated heterocycles. The lowest BCUT2D eigenvalue weighted by Gasteiger charge is -2.16. The largest absolute Gasteiger partial charge is 0.347 e. The second-order valence-electron chi connectivity index (χ2n) is 5.03. The maximum atomic E-state index is 12.1. The van der Waals surface area contributed by atoms with Crippen LogP contribution in [0.25, 0.3) is 0 Å². The third-order valence-electron chi connectivity index (χ3n) is 3.71. The van der Waals surface area contributed by atoms with Crippen LogP contribution in [0.1, 0.15) is 24.4 Å². The van der Waals surface area contributed by atoms with Crippen LogP contribution in [-0.2, 0) is 14.6 Å². The zero-order valence-corrected chi connectivity index (χ0v) is 12.5. The summed E-state index contributed by atoms with van der Waals surface area (Å²) in [5.41, 5.74) is 0.703. The highest BCUT2D eigenvalue weighted by Gasteiger charge is 2.36. The Kier molecular flexibility index (Phi) is 4.36. The second kappa shape index (κ2) is 5.71. The molecule has 20 heavy (non-hydrogen) atoms. The number of benzene rings is 1. The molecule has 1 aromatic carbocycles. The lowest BCUT2D eigenvalue weighted by atomic mass is 10.1. The van der Waals surface area contributed by atoms with Crippen molar-refractivity contribution in [2.75, 3.05) is 12.3 Å². The molecule has 0 aromatic heterocycles. The molecular weight excluding hydrogens is 300 g/mol. The van der Waals surface area contributed by atoms with Gasteiger partial charge in [-0.15, -0.1) is 12.4 Å². The van der Waals surface area contributed by atoms with E-state index in [-0.39, 0.29) is 30.1 Å². The summed E-state index contributed by atoms with van der Waals surface area (Å²) in [7, 11) is -3.26. The Balaban J connectivity index is 0.00000147. The summed E-state index contributed by atoms with van der Waals surface area (Å²) >= 11 is 0. The van der Waals surface area contributed by atoms with Gasteiger partial charge in [-0.05, 0) is 31.0 Å². The lowest BCUT2D eigenvalue weighted by molar-refractivity contribution is -0.123. The van der Waals surface area contributed by atoms with Gasteiger partial charge in [0.15, 0.2) is 9.84 Å². The van der Waals surface area contributed by atoms with Crippen LogP contribution in [-0.4, -0.2) is 32.7 Å². The topological polar surface area (TPSA) is 75.3 Å². The SMILES string of the molecule is Cl.O=C(NC1CS(=O)(=O)c2ccccc21)C1CCCN1. The van der Waals surface area contributed by atoms with Gasteiger partial charge in [0, 0.05) is 0 Å². The summed E-state index contributed by atoms with van der Waals surface area (Å²) in [6.07, 6.45) is 1.80. The highest BCUT2D eigenvalue weighted by molar-refractivity contribution is 7.91. The molecule has 7 heteroatoms. The van der Waals surface area contributed by atoms with Gasteiger partial charge in [0.05, 0.1) is 22.7 Å². The van der Waals surface area contributed by atoms with Crippen molar-refractivity contribution in [3.8, 4) is 0 Å². The molecule has 2 N–H and O–H groups in total. The third kappa shape index (κ3) is 2.68. The van der Waals surface area contributed by atoms with Crippen molar-refractivity contribution in [2.24, 2.45) is 0 Å². The van der Waals surface area contributed by atoms with Crippen LogP contribution >= 0.6 is 12.4 Å². The number of halogens is 1. The predicted molar refractivity (Wildman–Crippen MR) is 77.7 cm³/mol. The van der Waals surface area contributed by atoms with Crippen LogP contribution in [0.3, 0.4) is 0 Å². The van der Waals surface area contributed by atoms with Gasteiger partial charge in [-0.25, -0.2) is 8.42 Å². The molecule has 5 nitrogen and oxygen atoms in total. The number of fused-ring (bicyclic) bond motifs is 1. The average Bonchev–Trinajstić information content (AvgIpc) is 2.98. The number of sulfone groups is 1. The van der Waals surface area contributed by atoms with Crippen molar-refractivity contribution in [1.29, 1.82) is 0 Å². The summed E-state index contributed by atoms with van der Waals surface area (Å²) in [5.74, 6) is -0.139. The second-order valence-corrected chi connectivity index (χ2v) is 7.03. The molecule has 3 rings (SSSR count). The Hall–Kier alpha value is -1.11. The van der Waals surface area contributed by atoms with E-state index >= 15 is 0 Å². The number of hydrogen-bond acceptors (Lipinski definition) is 4. The highest BCUT2D eigenvalue weighted by Crippen LogP contribution is 2.33. The fourth-order valence-corrected chi connectivity index (χ4v) is 4.49. The van der Waals surface area contributed by atoms with Crippen LogP contribution in [0, 0.1) is 0 Å². The van der Waals surface area contributed by atoms with Gasteiger partial charge in [0.1, 0.15) is 0 Å². The van der Waals surface area contributed by atoms with E-state index in [2.05, 4.69) is 10.6 Å². The first kappa shape index (κ1) is 15.3. The van der Waals surface area contributed by atoms with Crippen molar-refractivity contribution < 1.29 is 13.2 Å². The molecule has 0 saturated carbocycles. The zero-order valence-electron chi connectivity index (χ0n) is 10.8. The van der Waals surface area contributed by atoms with Crippen LogP contribution in [0.2, 0.25) is 0 Å². The molecule has 0 spiro atoms. The van der Waals surface area contributed by atoms with E-state index in [0.717, 1.165) is 19.4 Å². The van der Waals surface area contributed by atoms with Gasteiger partial charge in [0.2, 0.25) is 5.91 Å². The molecule has 0 aliphatic carbocycles.